The predicted molar refractivity (Wildman–Crippen MR) is 89.0 cm³/mol. The SMILES string of the molecule is CC(C)(SCc1ccccc1)C(N)C(=O)O.O=C1CNC(=O)N1. The van der Waals surface area contributed by atoms with Gasteiger partial charge >= 0.3 is 12.0 Å². The summed E-state index contributed by atoms with van der Waals surface area (Å²) in [4.78, 5) is 30.9. The van der Waals surface area contributed by atoms with Crippen molar-refractivity contribution in [2.45, 2.75) is 30.4 Å². The lowest BCUT2D eigenvalue weighted by Gasteiger charge is -2.27. The number of amides is 3. The molecule has 1 saturated heterocycles. The smallest absolute Gasteiger partial charge is 0.321 e. The zero-order chi connectivity index (χ0) is 17.5. The highest BCUT2D eigenvalue weighted by Crippen LogP contribution is 2.30. The van der Waals surface area contributed by atoms with E-state index in [1.807, 2.05) is 49.5 Å². The van der Waals surface area contributed by atoms with Crippen LogP contribution in [-0.4, -0.2) is 40.3 Å². The molecular formula is C15H21N3O4S. The van der Waals surface area contributed by atoms with Gasteiger partial charge in [-0.25, -0.2) is 4.79 Å². The van der Waals surface area contributed by atoms with Crippen molar-refractivity contribution in [3.05, 3.63) is 35.9 Å². The summed E-state index contributed by atoms with van der Waals surface area (Å²) in [6, 6.07) is 8.71. The van der Waals surface area contributed by atoms with Crippen LogP contribution in [0.3, 0.4) is 0 Å². The summed E-state index contributed by atoms with van der Waals surface area (Å²) >= 11 is 1.56. The first-order valence-electron chi connectivity index (χ1n) is 6.96. The Morgan fingerprint density at radius 1 is 1.35 bits per heavy atom. The van der Waals surface area contributed by atoms with Crippen molar-refractivity contribution in [1.29, 1.82) is 0 Å². The minimum absolute atomic E-state index is 0.124. The molecule has 1 aromatic carbocycles. The standard InChI is InChI=1S/C12H17NO2S.C3H4N2O2/c1-12(2,10(13)11(14)15)16-8-9-6-4-3-5-7-9;6-2-1-4-3(7)5-2/h3-7,10H,8,13H2,1-2H3,(H,14,15);1H2,(H2,4,5,6,7). The van der Waals surface area contributed by atoms with Crippen molar-refractivity contribution >= 4 is 29.7 Å². The number of hydrogen-bond donors (Lipinski definition) is 4. The molecular weight excluding hydrogens is 318 g/mol. The highest BCUT2D eigenvalue weighted by molar-refractivity contribution is 7.99. The van der Waals surface area contributed by atoms with Crippen molar-refractivity contribution in [1.82, 2.24) is 10.6 Å². The van der Waals surface area contributed by atoms with Crippen LogP contribution >= 0.6 is 11.8 Å². The van der Waals surface area contributed by atoms with E-state index in [2.05, 4.69) is 5.32 Å². The molecule has 7 nitrogen and oxygen atoms in total. The maximum absolute atomic E-state index is 10.8. The number of aliphatic carboxylic acids is 1. The van der Waals surface area contributed by atoms with Crippen molar-refractivity contribution in [2.75, 3.05) is 6.54 Å². The van der Waals surface area contributed by atoms with Crippen molar-refractivity contribution in [3.8, 4) is 0 Å². The van der Waals surface area contributed by atoms with E-state index in [0.717, 1.165) is 5.75 Å². The van der Waals surface area contributed by atoms with Crippen LogP contribution in [0.2, 0.25) is 0 Å². The Hall–Kier alpha value is -2.06. The number of rotatable bonds is 5. The number of thioether (sulfide) groups is 1. The van der Waals surface area contributed by atoms with Gasteiger partial charge in [0.05, 0.1) is 6.54 Å². The molecule has 1 aliphatic rings. The lowest BCUT2D eigenvalue weighted by molar-refractivity contribution is -0.139. The number of carboxylic acids is 1. The van der Waals surface area contributed by atoms with E-state index in [0.29, 0.717) is 0 Å². The van der Waals surface area contributed by atoms with Crippen LogP contribution in [0, 0.1) is 0 Å². The monoisotopic (exact) mass is 339 g/mol. The minimum atomic E-state index is -0.953. The largest absolute Gasteiger partial charge is 0.480 e. The van der Waals surface area contributed by atoms with Gasteiger partial charge in [-0.05, 0) is 19.4 Å². The van der Waals surface area contributed by atoms with Crippen molar-refractivity contribution in [3.63, 3.8) is 0 Å². The van der Waals surface area contributed by atoms with Crippen LogP contribution in [-0.2, 0) is 15.3 Å². The van der Waals surface area contributed by atoms with E-state index >= 15 is 0 Å². The Morgan fingerprint density at radius 2 is 1.96 bits per heavy atom. The Bertz CT molecular complexity index is 549. The second-order valence-electron chi connectivity index (χ2n) is 5.42. The molecule has 8 heteroatoms. The third-order valence-electron chi connectivity index (χ3n) is 3.13. The van der Waals surface area contributed by atoms with Crippen molar-refractivity contribution < 1.29 is 19.5 Å². The second kappa shape index (κ2) is 8.54. The van der Waals surface area contributed by atoms with Gasteiger partial charge in [-0.1, -0.05) is 30.3 Å². The number of benzene rings is 1. The lowest BCUT2D eigenvalue weighted by atomic mass is 10.1. The molecule has 1 aromatic rings. The zero-order valence-corrected chi connectivity index (χ0v) is 13.9. The van der Waals surface area contributed by atoms with Crippen LogP contribution in [0.4, 0.5) is 4.79 Å². The summed E-state index contributed by atoms with van der Waals surface area (Å²) in [6.45, 7) is 3.84. The fraction of sp³-hybridized carbons (Fsp3) is 0.400. The third-order valence-corrected chi connectivity index (χ3v) is 4.61. The van der Waals surface area contributed by atoms with Gasteiger partial charge in [-0.2, -0.15) is 0 Å². The molecule has 5 N–H and O–H groups in total. The van der Waals surface area contributed by atoms with E-state index in [1.165, 1.54) is 5.56 Å². The quantitative estimate of drug-likeness (QED) is 0.592. The molecule has 2 rings (SSSR count). The molecule has 0 radical (unpaired) electrons. The Labute approximate surface area is 139 Å². The van der Waals surface area contributed by atoms with Gasteiger partial charge in [-0.15, -0.1) is 11.8 Å². The van der Waals surface area contributed by atoms with Crippen molar-refractivity contribution in [2.24, 2.45) is 5.73 Å². The highest BCUT2D eigenvalue weighted by atomic mass is 32.2. The minimum Gasteiger partial charge on any atom is -0.480 e. The zero-order valence-electron chi connectivity index (χ0n) is 13.0. The highest BCUT2D eigenvalue weighted by Gasteiger charge is 2.32. The third kappa shape index (κ3) is 6.70. The summed E-state index contributed by atoms with van der Waals surface area (Å²) < 4.78 is -0.471. The van der Waals surface area contributed by atoms with E-state index in [1.54, 1.807) is 11.8 Å². The molecule has 0 saturated carbocycles. The maximum atomic E-state index is 10.8. The number of carboxylic acid groups (broad SMARTS) is 1. The molecule has 3 amide bonds. The van der Waals surface area contributed by atoms with Crippen LogP contribution in [0.15, 0.2) is 30.3 Å². The molecule has 1 heterocycles. The lowest BCUT2D eigenvalue weighted by Crippen LogP contribution is -2.46. The molecule has 1 atom stereocenters. The summed E-state index contributed by atoms with van der Waals surface area (Å²) in [6.07, 6.45) is 0. The number of imide groups is 1. The summed E-state index contributed by atoms with van der Waals surface area (Å²) in [7, 11) is 0. The van der Waals surface area contributed by atoms with Gasteiger partial charge in [0.1, 0.15) is 6.04 Å². The van der Waals surface area contributed by atoms with Gasteiger partial charge in [0, 0.05) is 10.5 Å². The topological polar surface area (TPSA) is 122 Å². The molecule has 23 heavy (non-hydrogen) atoms. The maximum Gasteiger partial charge on any atom is 0.321 e. The average Bonchev–Trinajstić information content (AvgIpc) is 2.89. The summed E-state index contributed by atoms with van der Waals surface area (Å²) in [5.74, 6) is -0.440. The van der Waals surface area contributed by atoms with E-state index in [9.17, 15) is 14.4 Å². The first-order chi connectivity index (χ1) is 10.7. The summed E-state index contributed by atoms with van der Waals surface area (Å²) in [5.41, 5.74) is 6.82. The van der Waals surface area contributed by atoms with E-state index < -0.39 is 22.8 Å². The predicted octanol–water partition coefficient (Wildman–Crippen LogP) is 0.936. The van der Waals surface area contributed by atoms with Crippen LogP contribution in [0.25, 0.3) is 0 Å². The van der Waals surface area contributed by atoms with Gasteiger partial charge in [-0.3, -0.25) is 14.9 Å². The summed E-state index contributed by atoms with van der Waals surface area (Å²) in [5, 5.41) is 13.2. The number of hydrogen-bond acceptors (Lipinski definition) is 5. The molecule has 0 aromatic heterocycles. The Morgan fingerprint density at radius 3 is 2.35 bits per heavy atom. The molecule has 1 aliphatic heterocycles. The number of carbonyl (C=O) groups is 3. The Balaban J connectivity index is 0.000000313. The van der Waals surface area contributed by atoms with Gasteiger partial charge in [0.25, 0.3) is 0 Å². The molecule has 0 spiro atoms. The molecule has 1 unspecified atom stereocenters. The van der Waals surface area contributed by atoms with Gasteiger partial charge in [0.2, 0.25) is 5.91 Å². The molecule has 0 aliphatic carbocycles. The fourth-order valence-electron chi connectivity index (χ4n) is 1.61. The van der Waals surface area contributed by atoms with Crippen LogP contribution < -0.4 is 16.4 Å². The van der Waals surface area contributed by atoms with E-state index in [-0.39, 0.29) is 12.5 Å². The number of nitrogens with two attached hydrogens (primary N) is 1. The van der Waals surface area contributed by atoms with Gasteiger partial charge < -0.3 is 16.2 Å². The van der Waals surface area contributed by atoms with Crippen LogP contribution in [0.1, 0.15) is 19.4 Å². The fourth-order valence-corrected chi connectivity index (χ4v) is 2.62. The first-order valence-corrected chi connectivity index (χ1v) is 7.95. The molecule has 0 bridgehead atoms. The van der Waals surface area contributed by atoms with E-state index in [4.69, 9.17) is 10.8 Å². The molecule has 126 valence electrons. The number of nitrogens with one attached hydrogen (secondary N) is 2. The van der Waals surface area contributed by atoms with Gasteiger partial charge in [0.15, 0.2) is 0 Å². The Kier molecular flexibility index (Phi) is 7.05. The normalized spacial score (nSPS) is 15.1. The number of urea groups is 1. The first kappa shape index (κ1) is 19.0. The van der Waals surface area contributed by atoms with Crippen LogP contribution in [0.5, 0.6) is 0 Å². The second-order valence-corrected chi connectivity index (χ2v) is 7.05. The average molecular weight is 339 g/mol. The number of carbonyl (C=O) groups excluding carboxylic acids is 2. The molecule has 1 fully saturated rings.